The van der Waals surface area contributed by atoms with Crippen molar-refractivity contribution in [2.24, 2.45) is 35.5 Å². The van der Waals surface area contributed by atoms with E-state index >= 15 is 0 Å². The van der Waals surface area contributed by atoms with Gasteiger partial charge in [-0.05, 0) is 128 Å². The highest BCUT2D eigenvalue weighted by atomic mass is 14.5. The summed E-state index contributed by atoms with van der Waals surface area (Å²) in [6, 6.07) is 7.71. The number of fused-ring (bicyclic) bond motifs is 6. The summed E-state index contributed by atoms with van der Waals surface area (Å²) in [5.74, 6) is 9.09. The van der Waals surface area contributed by atoms with Crippen molar-refractivity contribution in [3.05, 3.63) is 34.9 Å². The Hall–Kier alpha value is -0.780. The molecule has 6 fully saturated rings. The molecule has 6 bridgehead atoms. The molecule has 7 rings (SSSR count). The minimum Gasteiger partial charge on any atom is -0.0617 e. The zero-order chi connectivity index (χ0) is 17.5. The lowest BCUT2D eigenvalue weighted by Gasteiger charge is -2.35. The maximum atomic E-state index is 2.61. The standard InChI is InChI=1S/C27H36/c1-2-22(24-13-16-4-7-19(24)10-16)27(26-15-18-6-9-21(26)12-18)23(3-1)25-14-17-5-8-20(25)11-17/h1-3,16-21,24-26H,4-15H2. The molecule has 0 heteroatoms. The highest BCUT2D eigenvalue weighted by Gasteiger charge is 2.48. The summed E-state index contributed by atoms with van der Waals surface area (Å²) >= 11 is 0. The quantitative estimate of drug-likeness (QED) is 0.527. The Bertz CT molecular complexity index is 700. The van der Waals surface area contributed by atoms with Crippen molar-refractivity contribution in [3.63, 3.8) is 0 Å². The van der Waals surface area contributed by atoms with Crippen LogP contribution in [0.3, 0.4) is 0 Å². The van der Waals surface area contributed by atoms with Crippen LogP contribution in [0.2, 0.25) is 0 Å². The molecule has 0 heterocycles. The van der Waals surface area contributed by atoms with Crippen molar-refractivity contribution >= 4 is 0 Å². The van der Waals surface area contributed by atoms with Gasteiger partial charge >= 0.3 is 0 Å². The molecule has 9 unspecified atom stereocenters. The van der Waals surface area contributed by atoms with Crippen molar-refractivity contribution in [1.29, 1.82) is 0 Å². The van der Waals surface area contributed by atoms with Crippen LogP contribution in [0.25, 0.3) is 0 Å². The monoisotopic (exact) mass is 360 g/mol. The summed E-state index contributed by atoms with van der Waals surface area (Å²) in [5.41, 5.74) is 5.71. The lowest BCUT2D eigenvalue weighted by molar-refractivity contribution is 0.380. The van der Waals surface area contributed by atoms with Crippen LogP contribution in [0.15, 0.2) is 18.2 Å². The van der Waals surface area contributed by atoms with Crippen molar-refractivity contribution in [1.82, 2.24) is 0 Å². The molecule has 6 aliphatic carbocycles. The fourth-order valence-electron chi connectivity index (χ4n) is 9.53. The van der Waals surface area contributed by atoms with E-state index in [0.717, 1.165) is 53.3 Å². The predicted molar refractivity (Wildman–Crippen MR) is 111 cm³/mol. The van der Waals surface area contributed by atoms with Crippen LogP contribution >= 0.6 is 0 Å². The minimum absolute atomic E-state index is 0.927. The maximum absolute atomic E-state index is 2.61. The minimum atomic E-state index is 0.927. The van der Waals surface area contributed by atoms with Crippen LogP contribution in [-0.4, -0.2) is 0 Å². The molecule has 6 saturated carbocycles. The van der Waals surface area contributed by atoms with E-state index in [1.54, 1.807) is 25.7 Å². The second-order valence-electron chi connectivity index (χ2n) is 11.7. The Morgan fingerprint density at radius 3 is 1.30 bits per heavy atom. The highest BCUT2D eigenvalue weighted by molar-refractivity contribution is 5.45. The van der Waals surface area contributed by atoms with E-state index in [0.29, 0.717) is 0 Å². The molecule has 0 nitrogen and oxygen atoms in total. The van der Waals surface area contributed by atoms with Crippen LogP contribution < -0.4 is 0 Å². The van der Waals surface area contributed by atoms with Gasteiger partial charge in [0.05, 0.1) is 0 Å². The average molecular weight is 361 g/mol. The second-order valence-corrected chi connectivity index (χ2v) is 11.7. The first-order chi connectivity index (χ1) is 13.3. The first-order valence-electron chi connectivity index (χ1n) is 12.5. The lowest BCUT2D eigenvalue weighted by atomic mass is 9.70. The third-order valence-corrected chi connectivity index (χ3v) is 10.6. The van der Waals surface area contributed by atoms with E-state index in [1.807, 2.05) is 16.7 Å². The third kappa shape index (κ3) is 2.34. The molecule has 27 heavy (non-hydrogen) atoms. The van der Waals surface area contributed by atoms with Gasteiger partial charge in [-0.3, -0.25) is 0 Å². The summed E-state index contributed by atoms with van der Waals surface area (Å²) in [6.45, 7) is 0. The lowest BCUT2D eigenvalue weighted by Crippen LogP contribution is -2.20. The van der Waals surface area contributed by atoms with E-state index in [2.05, 4.69) is 18.2 Å². The number of rotatable bonds is 3. The molecule has 1 aromatic rings. The van der Waals surface area contributed by atoms with Crippen molar-refractivity contribution < 1.29 is 0 Å². The Morgan fingerprint density at radius 1 is 0.481 bits per heavy atom. The van der Waals surface area contributed by atoms with Crippen LogP contribution in [0.1, 0.15) is 111 Å². The second kappa shape index (κ2) is 5.87. The summed E-state index contributed by atoms with van der Waals surface area (Å²) in [4.78, 5) is 0. The zero-order valence-electron chi connectivity index (χ0n) is 16.9. The van der Waals surface area contributed by atoms with E-state index in [-0.39, 0.29) is 0 Å². The average Bonchev–Trinajstić information content (AvgIpc) is 3.52. The molecule has 0 aliphatic heterocycles. The molecule has 9 atom stereocenters. The first kappa shape index (κ1) is 16.1. The molecule has 0 radical (unpaired) electrons. The Labute approximate surface area is 165 Å². The highest BCUT2D eigenvalue weighted by Crippen LogP contribution is 2.61. The van der Waals surface area contributed by atoms with Gasteiger partial charge in [0.15, 0.2) is 0 Å². The molecule has 144 valence electrons. The molecular formula is C27H36. The SMILES string of the molecule is c1cc(C2CC3CCC2C3)c(C2CC3CCC2C3)c(C2CC3CCC2C3)c1. The first-order valence-corrected chi connectivity index (χ1v) is 12.5. The summed E-state index contributed by atoms with van der Waals surface area (Å²) in [5, 5.41) is 0. The van der Waals surface area contributed by atoms with Gasteiger partial charge in [0, 0.05) is 0 Å². The van der Waals surface area contributed by atoms with Gasteiger partial charge in [0.2, 0.25) is 0 Å². The smallest absolute Gasteiger partial charge is 0.0125 e. The zero-order valence-corrected chi connectivity index (χ0v) is 16.9. The van der Waals surface area contributed by atoms with Gasteiger partial charge in [-0.15, -0.1) is 0 Å². The summed E-state index contributed by atoms with van der Waals surface area (Å²) in [6.07, 6.45) is 18.5. The van der Waals surface area contributed by atoms with Gasteiger partial charge in [-0.1, -0.05) is 37.5 Å². The van der Waals surface area contributed by atoms with Crippen molar-refractivity contribution in [2.45, 2.75) is 94.8 Å². The fourth-order valence-corrected chi connectivity index (χ4v) is 9.53. The van der Waals surface area contributed by atoms with Crippen molar-refractivity contribution in [2.75, 3.05) is 0 Å². The van der Waals surface area contributed by atoms with Crippen LogP contribution in [0.5, 0.6) is 0 Å². The Kier molecular flexibility index (Phi) is 3.49. The molecule has 0 spiro atoms. The molecule has 0 saturated heterocycles. The molecule has 6 aliphatic rings. The maximum Gasteiger partial charge on any atom is -0.0125 e. The summed E-state index contributed by atoms with van der Waals surface area (Å²) < 4.78 is 0. The summed E-state index contributed by atoms with van der Waals surface area (Å²) in [7, 11) is 0. The topological polar surface area (TPSA) is 0 Å². The predicted octanol–water partition coefficient (Wildman–Crippen LogP) is 7.40. The molecule has 0 aromatic heterocycles. The van der Waals surface area contributed by atoms with E-state index < -0.39 is 0 Å². The van der Waals surface area contributed by atoms with Gasteiger partial charge in [0.25, 0.3) is 0 Å². The van der Waals surface area contributed by atoms with Crippen LogP contribution in [-0.2, 0) is 0 Å². The van der Waals surface area contributed by atoms with Crippen molar-refractivity contribution in [3.8, 4) is 0 Å². The molecule has 1 aromatic carbocycles. The molecular weight excluding hydrogens is 324 g/mol. The normalized spacial score (nSPS) is 49.6. The fraction of sp³-hybridized carbons (Fsp3) is 0.778. The van der Waals surface area contributed by atoms with Gasteiger partial charge in [-0.2, -0.15) is 0 Å². The van der Waals surface area contributed by atoms with Gasteiger partial charge in [0.1, 0.15) is 0 Å². The Balaban J connectivity index is 1.34. The Morgan fingerprint density at radius 2 is 0.926 bits per heavy atom. The van der Waals surface area contributed by atoms with Crippen LogP contribution in [0.4, 0.5) is 0 Å². The van der Waals surface area contributed by atoms with E-state index in [1.165, 1.54) is 51.4 Å². The van der Waals surface area contributed by atoms with E-state index in [4.69, 9.17) is 0 Å². The molecule has 0 amide bonds. The van der Waals surface area contributed by atoms with Gasteiger partial charge < -0.3 is 0 Å². The van der Waals surface area contributed by atoms with E-state index in [9.17, 15) is 0 Å². The largest absolute Gasteiger partial charge is 0.0617 e. The number of hydrogen-bond acceptors (Lipinski definition) is 0. The number of benzene rings is 1. The van der Waals surface area contributed by atoms with Gasteiger partial charge in [-0.25, -0.2) is 0 Å². The third-order valence-electron chi connectivity index (χ3n) is 10.6. The molecule has 0 N–H and O–H groups in total. The number of hydrogen-bond donors (Lipinski definition) is 0. The van der Waals surface area contributed by atoms with Crippen LogP contribution in [0, 0.1) is 35.5 Å².